The van der Waals surface area contributed by atoms with Crippen molar-refractivity contribution in [3.8, 4) is 0 Å². The number of amides is 1. The molecular formula is C15H26N2OS. The summed E-state index contributed by atoms with van der Waals surface area (Å²) in [6, 6.07) is 0. The van der Waals surface area contributed by atoms with Crippen molar-refractivity contribution in [2.45, 2.75) is 57.8 Å². The molecule has 0 radical (unpaired) electrons. The first-order chi connectivity index (χ1) is 9.06. The van der Waals surface area contributed by atoms with E-state index in [4.69, 9.17) is 18.0 Å². The Morgan fingerprint density at radius 3 is 2.32 bits per heavy atom. The summed E-state index contributed by atoms with van der Waals surface area (Å²) in [5.41, 5.74) is 5.36. The summed E-state index contributed by atoms with van der Waals surface area (Å²) in [5, 5.41) is 0. The second kappa shape index (κ2) is 6.21. The van der Waals surface area contributed by atoms with E-state index < -0.39 is 5.41 Å². The van der Waals surface area contributed by atoms with E-state index in [-0.39, 0.29) is 5.91 Å². The standard InChI is InChI=1S/C15H26N2OS/c1-17(11-12-7-3-2-4-8-12)14(18)15(13(16)19)9-5-6-10-15/h12H,2-11H2,1H3,(H2,16,19). The van der Waals surface area contributed by atoms with Gasteiger partial charge in [-0.1, -0.05) is 44.3 Å². The number of nitrogens with two attached hydrogens (primary N) is 1. The summed E-state index contributed by atoms with van der Waals surface area (Å²) < 4.78 is 0. The fourth-order valence-electron chi connectivity index (χ4n) is 3.75. The van der Waals surface area contributed by atoms with Gasteiger partial charge in [-0.15, -0.1) is 0 Å². The Morgan fingerprint density at radius 2 is 1.79 bits per heavy atom. The number of rotatable bonds is 4. The van der Waals surface area contributed by atoms with Crippen molar-refractivity contribution in [2.24, 2.45) is 17.1 Å². The molecule has 2 N–H and O–H groups in total. The summed E-state index contributed by atoms with van der Waals surface area (Å²) in [6.45, 7) is 0.878. The smallest absolute Gasteiger partial charge is 0.235 e. The van der Waals surface area contributed by atoms with Crippen molar-refractivity contribution in [3.63, 3.8) is 0 Å². The van der Waals surface area contributed by atoms with Crippen LogP contribution in [-0.4, -0.2) is 29.4 Å². The average Bonchev–Trinajstić information content (AvgIpc) is 2.89. The van der Waals surface area contributed by atoms with E-state index in [0.717, 1.165) is 32.2 Å². The zero-order valence-electron chi connectivity index (χ0n) is 12.0. The molecule has 3 nitrogen and oxygen atoms in total. The first-order valence-electron chi connectivity index (χ1n) is 7.62. The van der Waals surface area contributed by atoms with Crippen LogP contribution < -0.4 is 5.73 Å². The molecule has 0 spiro atoms. The van der Waals surface area contributed by atoms with E-state index in [1.165, 1.54) is 32.1 Å². The quantitative estimate of drug-likeness (QED) is 0.807. The molecule has 108 valence electrons. The lowest BCUT2D eigenvalue weighted by atomic mass is 9.83. The zero-order valence-corrected chi connectivity index (χ0v) is 12.8. The first-order valence-corrected chi connectivity index (χ1v) is 8.02. The Morgan fingerprint density at radius 1 is 1.21 bits per heavy atom. The average molecular weight is 282 g/mol. The third-order valence-corrected chi connectivity index (χ3v) is 5.33. The van der Waals surface area contributed by atoms with Crippen molar-refractivity contribution in [1.29, 1.82) is 0 Å². The maximum Gasteiger partial charge on any atom is 0.235 e. The molecule has 0 saturated heterocycles. The normalized spacial score (nSPS) is 23.2. The van der Waals surface area contributed by atoms with Gasteiger partial charge in [0.05, 0.1) is 10.4 Å². The number of carbonyl (C=O) groups is 1. The Hall–Kier alpha value is -0.640. The number of nitrogens with zero attached hydrogens (tertiary/aromatic N) is 1. The van der Waals surface area contributed by atoms with Crippen LogP contribution in [-0.2, 0) is 4.79 Å². The van der Waals surface area contributed by atoms with Gasteiger partial charge in [0.25, 0.3) is 0 Å². The monoisotopic (exact) mass is 282 g/mol. The molecule has 0 aliphatic heterocycles. The second-order valence-electron chi connectivity index (χ2n) is 6.34. The maximum atomic E-state index is 12.7. The number of carbonyl (C=O) groups excluding carboxylic acids is 1. The van der Waals surface area contributed by atoms with Gasteiger partial charge in [-0.3, -0.25) is 4.79 Å². The van der Waals surface area contributed by atoms with E-state index in [9.17, 15) is 4.79 Å². The Balaban J connectivity index is 1.98. The number of hydrogen-bond acceptors (Lipinski definition) is 2. The Labute approximate surface area is 121 Å². The summed E-state index contributed by atoms with van der Waals surface area (Å²) in [5.74, 6) is 0.843. The predicted octanol–water partition coefficient (Wildman–Crippen LogP) is 2.87. The molecule has 2 aliphatic carbocycles. The van der Waals surface area contributed by atoms with Gasteiger partial charge in [0, 0.05) is 13.6 Å². The Bertz CT molecular complexity index is 344. The molecule has 0 heterocycles. The van der Waals surface area contributed by atoms with Gasteiger partial charge in [-0.25, -0.2) is 0 Å². The third kappa shape index (κ3) is 3.10. The number of thiocarbonyl (C=S) groups is 1. The van der Waals surface area contributed by atoms with E-state index in [1.54, 1.807) is 0 Å². The summed E-state index contributed by atoms with van der Waals surface area (Å²) >= 11 is 5.20. The molecule has 2 fully saturated rings. The van der Waals surface area contributed by atoms with Crippen LogP contribution in [0.1, 0.15) is 57.8 Å². The molecule has 0 aromatic carbocycles. The van der Waals surface area contributed by atoms with Gasteiger partial charge in [0.15, 0.2) is 0 Å². The highest BCUT2D eigenvalue weighted by atomic mass is 32.1. The van der Waals surface area contributed by atoms with Crippen LogP contribution in [0.3, 0.4) is 0 Å². The van der Waals surface area contributed by atoms with Crippen molar-refractivity contribution < 1.29 is 4.79 Å². The maximum absolute atomic E-state index is 12.7. The van der Waals surface area contributed by atoms with Crippen LogP contribution in [0.4, 0.5) is 0 Å². The van der Waals surface area contributed by atoms with Crippen molar-refractivity contribution >= 4 is 23.1 Å². The molecule has 0 atom stereocenters. The molecule has 2 aliphatic rings. The molecule has 2 rings (SSSR count). The molecule has 4 heteroatoms. The minimum absolute atomic E-state index is 0.170. The molecular weight excluding hydrogens is 256 g/mol. The Kier molecular flexibility index (Phi) is 4.82. The lowest BCUT2D eigenvalue weighted by Gasteiger charge is -2.34. The topological polar surface area (TPSA) is 46.3 Å². The second-order valence-corrected chi connectivity index (χ2v) is 6.78. The van der Waals surface area contributed by atoms with E-state index in [2.05, 4.69) is 0 Å². The van der Waals surface area contributed by atoms with E-state index in [1.807, 2.05) is 11.9 Å². The zero-order chi connectivity index (χ0) is 13.9. The molecule has 0 aromatic rings. The fraction of sp³-hybridized carbons (Fsp3) is 0.867. The highest BCUT2D eigenvalue weighted by Crippen LogP contribution is 2.40. The van der Waals surface area contributed by atoms with Crippen LogP contribution in [0.25, 0.3) is 0 Å². The summed E-state index contributed by atoms with van der Waals surface area (Å²) in [4.78, 5) is 15.1. The molecule has 19 heavy (non-hydrogen) atoms. The van der Waals surface area contributed by atoms with E-state index in [0.29, 0.717) is 10.9 Å². The summed E-state index contributed by atoms with van der Waals surface area (Å²) in [6.07, 6.45) is 10.3. The van der Waals surface area contributed by atoms with Crippen molar-refractivity contribution in [3.05, 3.63) is 0 Å². The third-order valence-electron chi connectivity index (χ3n) is 4.94. The van der Waals surface area contributed by atoms with Crippen molar-refractivity contribution in [2.75, 3.05) is 13.6 Å². The SMILES string of the molecule is CN(CC1CCCCC1)C(=O)C1(C(N)=S)CCCC1. The predicted molar refractivity (Wildman–Crippen MR) is 81.9 cm³/mol. The van der Waals surface area contributed by atoms with Gasteiger partial charge >= 0.3 is 0 Å². The highest BCUT2D eigenvalue weighted by molar-refractivity contribution is 7.80. The molecule has 0 bridgehead atoms. The first kappa shape index (κ1) is 14.8. The van der Waals surface area contributed by atoms with Gasteiger partial charge in [0.2, 0.25) is 5.91 Å². The summed E-state index contributed by atoms with van der Waals surface area (Å²) in [7, 11) is 1.93. The van der Waals surface area contributed by atoms with E-state index >= 15 is 0 Å². The molecule has 0 unspecified atom stereocenters. The van der Waals surface area contributed by atoms with Crippen LogP contribution in [0.5, 0.6) is 0 Å². The minimum atomic E-state index is -0.529. The van der Waals surface area contributed by atoms with Crippen molar-refractivity contribution in [1.82, 2.24) is 4.90 Å². The number of hydrogen-bond donors (Lipinski definition) is 1. The highest BCUT2D eigenvalue weighted by Gasteiger charge is 2.45. The minimum Gasteiger partial charge on any atom is -0.392 e. The lowest BCUT2D eigenvalue weighted by molar-refractivity contribution is -0.137. The largest absolute Gasteiger partial charge is 0.392 e. The molecule has 0 aromatic heterocycles. The lowest BCUT2D eigenvalue weighted by Crippen LogP contribution is -2.49. The fourth-order valence-corrected chi connectivity index (χ4v) is 4.04. The van der Waals surface area contributed by atoms with Crippen LogP contribution >= 0.6 is 12.2 Å². The van der Waals surface area contributed by atoms with Crippen LogP contribution in [0.15, 0.2) is 0 Å². The van der Waals surface area contributed by atoms with Gasteiger partial charge in [-0.2, -0.15) is 0 Å². The van der Waals surface area contributed by atoms with Gasteiger partial charge in [0.1, 0.15) is 0 Å². The molecule has 1 amide bonds. The van der Waals surface area contributed by atoms with Crippen LogP contribution in [0.2, 0.25) is 0 Å². The van der Waals surface area contributed by atoms with Crippen LogP contribution in [0, 0.1) is 11.3 Å². The van der Waals surface area contributed by atoms with Gasteiger partial charge < -0.3 is 10.6 Å². The molecule has 2 saturated carbocycles. The van der Waals surface area contributed by atoms with Gasteiger partial charge in [-0.05, 0) is 31.6 Å².